The van der Waals surface area contributed by atoms with Crippen molar-refractivity contribution >= 4 is 11.7 Å². The molecule has 0 spiro atoms. The minimum absolute atomic E-state index is 0.0763. The van der Waals surface area contributed by atoms with Crippen molar-refractivity contribution in [2.45, 2.75) is 26.3 Å². The van der Waals surface area contributed by atoms with Crippen molar-refractivity contribution in [1.29, 1.82) is 0 Å². The molecule has 5 nitrogen and oxygen atoms in total. The van der Waals surface area contributed by atoms with Crippen LogP contribution < -0.4 is 4.90 Å². The second-order valence-corrected chi connectivity index (χ2v) is 6.60. The summed E-state index contributed by atoms with van der Waals surface area (Å²) in [6, 6.07) is 11.8. The van der Waals surface area contributed by atoms with Crippen LogP contribution in [0.3, 0.4) is 0 Å². The van der Waals surface area contributed by atoms with E-state index in [1.165, 1.54) is 19.2 Å². The molecule has 1 aromatic carbocycles. The molecule has 1 amide bonds. The van der Waals surface area contributed by atoms with Gasteiger partial charge >= 0.3 is 0 Å². The first-order valence-electron chi connectivity index (χ1n) is 8.50. The summed E-state index contributed by atoms with van der Waals surface area (Å²) in [5.74, 6) is 1.44. The zero-order valence-corrected chi connectivity index (χ0v) is 14.4. The highest BCUT2D eigenvalue weighted by Gasteiger charge is 2.20. The molecule has 1 aliphatic rings. The smallest absolute Gasteiger partial charge is 0.272 e. The summed E-state index contributed by atoms with van der Waals surface area (Å²) < 4.78 is 0. The lowest BCUT2D eigenvalue weighted by atomic mass is 10.0. The fourth-order valence-corrected chi connectivity index (χ4v) is 3.16. The van der Waals surface area contributed by atoms with Crippen LogP contribution in [0.15, 0.2) is 42.7 Å². The van der Waals surface area contributed by atoms with Crippen LogP contribution in [0, 0.1) is 5.92 Å². The van der Waals surface area contributed by atoms with E-state index in [1.807, 2.05) is 36.4 Å². The van der Waals surface area contributed by atoms with E-state index >= 15 is 0 Å². The Morgan fingerprint density at radius 3 is 2.83 bits per heavy atom. The van der Waals surface area contributed by atoms with E-state index < -0.39 is 0 Å². The second-order valence-electron chi connectivity index (χ2n) is 6.60. The van der Waals surface area contributed by atoms with Crippen LogP contribution in [0.4, 0.5) is 5.82 Å². The Labute approximate surface area is 143 Å². The summed E-state index contributed by atoms with van der Waals surface area (Å²) in [5, 5.41) is 0. The summed E-state index contributed by atoms with van der Waals surface area (Å²) in [4.78, 5) is 25.2. The normalized spacial score (nSPS) is 17.6. The predicted molar refractivity (Wildman–Crippen MR) is 94.9 cm³/mol. The van der Waals surface area contributed by atoms with Gasteiger partial charge in [-0.2, -0.15) is 0 Å². The molecule has 1 unspecified atom stereocenters. The highest BCUT2D eigenvalue weighted by Crippen LogP contribution is 2.21. The first kappa shape index (κ1) is 16.4. The van der Waals surface area contributed by atoms with Gasteiger partial charge in [0, 0.05) is 32.7 Å². The van der Waals surface area contributed by atoms with Gasteiger partial charge in [0.05, 0.1) is 0 Å². The molecule has 2 heterocycles. The quantitative estimate of drug-likeness (QED) is 0.867. The van der Waals surface area contributed by atoms with Crippen molar-refractivity contribution in [3.05, 3.63) is 54.0 Å². The average Bonchev–Trinajstić information content (AvgIpc) is 2.62. The van der Waals surface area contributed by atoms with Gasteiger partial charge < -0.3 is 9.80 Å². The summed E-state index contributed by atoms with van der Waals surface area (Å²) in [6.45, 7) is 4.81. The minimum Gasteiger partial charge on any atom is -0.356 e. The zero-order chi connectivity index (χ0) is 16.9. The molecule has 1 atom stereocenters. The van der Waals surface area contributed by atoms with Crippen molar-refractivity contribution in [1.82, 2.24) is 14.9 Å². The van der Waals surface area contributed by atoms with E-state index in [2.05, 4.69) is 21.8 Å². The molecule has 126 valence electrons. The Hall–Kier alpha value is -2.43. The maximum atomic E-state index is 12.7. The monoisotopic (exact) mass is 324 g/mol. The molecule has 1 aliphatic heterocycles. The SMILES string of the molecule is CC1CCCN(c2cc(C(=O)N(C)Cc3ccccc3)ncn2)C1. The van der Waals surface area contributed by atoms with Crippen molar-refractivity contribution in [2.75, 3.05) is 25.0 Å². The summed E-state index contributed by atoms with van der Waals surface area (Å²) in [7, 11) is 1.81. The van der Waals surface area contributed by atoms with Gasteiger partial charge in [0.1, 0.15) is 17.8 Å². The van der Waals surface area contributed by atoms with Gasteiger partial charge in [-0.25, -0.2) is 9.97 Å². The Morgan fingerprint density at radius 2 is 2.08 bits per heavy atom. The summed E-state index contributed by atoms with van der Waals surface area (Å²) >= 11 is 0. The second kappa shape index (κ2) is 7.43. The van der Waals surface area contributed by atoms with Gasteiger partial charge in [-0.1, -0.05) is 37.3 Å². The van der Waals surface area contributed by atoms with Crippen molar-refractivity contribution in [3.63, 3.8) is 0 Å². The van der Waals surface area contributed by atoms with Crippen LogP contribution in [0.5, 0.6) is 0 Å². The Kier molecular flexibility index (Phi) is 5.08. The molecular formula is C19H24N4O. The van der Waals surface area contributed by atoms with Gasteiger partial charge in [-0.05, 0) is 24.3 Å². The number of rotatable bonds is 4. The van der Waals surface area contributed by atoms with E-state index in [0.717, 1.165) is 24.5 Å². The maximum absolute atomic E-state index is 12.7. The fourth-order valence-electron chi connectivity index (χ4n) is 3.16. The average molecular weight is 324 g/mol. The van der Waals surface area contributed by atoms with Gasteiger partial charge in [-0.15, -0.1) is 0 Å². The molecule has 24 heavy (non-hydrogen) atoms. The third-order valence-electron chi connectivity index (χ3n) is 4.46. The molecule has 3 rings (SSSR count). The van der Waals surface area contributed by atoms with Crippen LogP contribution in [-0.2, 0) is 6.54 Å². The topological polar surface area (TPSA) is 49.3 Å². The van der Waals surface area contributed by atoms with Crippen LogP contribution >= 0.6 is 0 Å². The molecular weight excluding hydrogens is 300 g/mol. The molecule has 0 saturated carbocycles. The molecule has 2 aromatic rings. The predicted octanol–water partition coefficient (Wildman–Crippen LogP) is 2.99. The Balaban J connectivity index is 1.72. The first-order chi connectivity index (χ1) is 11.6. The van der Waals surface area contributed by atoms with Crippen LogP contribution in [0.2, 0.25) is 0 Å². The van der Waals surface area contributed by atoms with Gasteiger partial charge in [-0.3, -0.25) is 4.79 Å². The van der Waals surface area contributed by atoms with Crippen LogP contribution in [0.1, 0.15) is 35.8 Å². The van der Waals surface area contributed by atoms with Gasteiger partial charge in [0.2, 0.25) is 0 Å². The third-order valence-corrected chi connectivity index (χ3v) is 4.46. The number of carbonyl (C=O) groups is 1. The number of hydrogen-bond acceptors (Lipinski definition) is 4. The number of hydrogen-bond donors (Lipinski definition) is 0. The first-order valence-corrected chi connectivity index (χ1v) is 8.50. The number of aromatic nitrogens is 2. The van der Waals surface area contributed by atoms with Crippen molar-refractivity contribution in [2.24, 2.45) is 5.92 Å². The molecule has 1 aromatic heterocycles. The van der Waals surface area contributed by atoms with E-state index in [4.69, 9.17) is 0 Å². The van der Waals surface area contributed by atoms with Gasteiger partial charge in [0.15, 0.2) is 0 Å². The largest absolute Gasteiger partial charge is 0.356 e. The summed E-state index contributed by atoms with van der Waals surface area (Å²) in [5.41, 5.74) is 1.56. The highest BCUT2D eigenvalue weighted by molar-refractivity contribution is 5.92. The fraction of sp³-hybridized carbons (Fsp3) is 0.421. The number of benzene rings is 1. The molecule has 0 bridgehead atoms. The maximum Gasteiger partial charge on any atom is 0.272 e. The molecule has 1 saturated heterocycles. The van der Waals surface area contributed by atoms with E-state index in [0.29, 0.717) is 18.2 Å². The van der Waals surface area contributed by atoms with Gasteiger partial charge in [0.25, 0.3) is 5.91 Å². The van der Waals surface area contributed by atoms with E-state index in [9.17, 15) is 4.79 Å². The summed E-state index contributed by atoms with van der Waals surface area (Å²) in [6.07, 6.45) is 3.92. The molecule has 0 aliphatic carbocycles. The lowest BCUT2D eigenvalue weighted by Gasteiger charge is -2.31. The molecule has 0 N–H and O–H groups in total. The minimum atomic E-state index is -0.0763. The van der Waals surface area contributed by atoms with E-state index in [1.54, 1.807) is 11.9 Å². The van der Waals surface area contributed by atoms with E-state index in [-0.39, 0.29) is 5.91 Å². The number of nitrogens with zero attached hydrogens (tertiary/aromatic N) is 4. The number of amides is 1. The van der Waals surface area contributed by atoms with Crippen LogP contribution in [0.25, 0.3) is 0 Å². The number of piperidine rings is 1. The number of carbonyl (C=O) groups excluding carboxylic acids is 1. The lowest BCUT2D eigenvalue weighted by Crippen LogP contribution is -2.35. The van der Waals surface area contributed by atoms with Crippen molar-refractivity contribution in [3.8, 4) is 0 Å². The Morgan fingerprint density at radius 1 is 1.29 bits per heavy atom. The highest BCUT2D eigenvalue weighted by atomic mass is 16.2. The zero-order valence-electron chi connectivity index (χ0n) is 14.4. The molecule has 5 heteroatoms. The number of anilines is 1. The lowest BCUT2D eigenvalue weighted by molar-refractivity contribution is 0.0779. The molecule has 1 fully saturated rings. The van der Waals surface area contributed by atoms with Crippen LogP contribution in [-0.4, -0.2) is 40.9 Å². The Bertz CT molecular complexity index is 689. The standard InChI is InChI=1S/C19H24N4O/c1-15-7-6-10-23(12-15)18-11-17(20-14-21-18)19(24)22(2)13-16-8-4-3-5-9-16/h3-5,8-9,11,14-15H,6-7,10,12-13H2,1-2H3. The molecule has 0 radical (unpaired) electrons. The van der Waals surface area contributed by atoms with Crippen molar-refractivity contribution < 1.29 is 4.79 Å². The third kappa shape index (κ3) is 3.91.